The van der Waals surface area contributed by atoms with Crippen molar-refractivity contribution in [2.24, 2.45) is 0 Å². The summed E-state index contributed by atoms with van der Waals surface area (Å²) in [6.07, 6.45) is 2.77. The minimum atomic E-state index is -3.14. The Labute approximate surface area is 113 Å². The molecular weight excluding hydrogens is 284 g/mol. The van der Waals surface area contributed by atoms with Crippen molar-refractivity contribution in [1.29, 1.82) is 0 Å². The second-order valence-electron chi connectivity index (χ2n) is 4.87. The number of nitrogens with one attached hydrogen (secondary N) is 2. The minimum absolute atomic E-state index is 0.0306. The van der Waals surface area contributed by atoms with Crippen molar-refractivity contribution in [1.82, 2.24) is 25.3 Å². The van der Waals surface area contributed by atoms with E-state index in [9.17, 15) is 13.2 Å². The van der Waals surface area contributed by atoms with Crippen LogP contribution in [0, 0.1) is 0 Å². The van der Waals surface area contributed by atoms with Crippen LogP contribution in [-0.4, -0.2) is 58.0 Å². The number of rotatable bonds is 1. The van der Waals surface area contributed by atoms with E-state index in [4.69, 9.17) is 0 Å². The SMILES string of the molecule is O=C1N[C@H]2CS(=O)(=O)C[C@H]2N1c1ncnc2nc[nH]c12. The monoisotopic (exact) mass is 294 g/mol. The summed E-state index contributed by atoms with van der Waals surface area (Å²) in [5, 5.41) is 2.69. The van der Waals surface area contributed by atoms with Crippen molar-refractivity contribution < 1.29 is 13.2 Å². The molecule has 0 aromatic carbocycles. The number of carbonyl (C=O) groups excluding carboxylic acids is 1. The van der Waals surface area contributed by atoms with E-state index in [1.165, 1.54) is 17.6 Å². The Bertz CT molecular complexity index is 815. The summed E-state index contributed by atoms with van der Waals surface area (Å²) in [4.78, 5) is 28.5. The molecule has 2 fully saturated rings. The summed E-state index contributed by atoms with van der Waals surface area (Å²) < 4.78 is 23.4. The molecule has 0 saturated carbocycles. The van der Waals surface area contributed by atoms with E-state index in [0.29, 0.717) is 17.0 Å². The fraction of sp³-hybridized carbons (Fsp3) is 0.400. The molecule has 2 aliphatic rings. The first-order valence-electron chi connectivity index (χ1n) is 5.99. The van der Waals surface area contributed by atoms with Crippen LogP contribution in [-0.2, 0) is 9.84 Å². The van der Waals surface area contributed by atoms with E-state index in [0.717, 1.165) is 0 Å². The summed E-state index contributed by atoms with van der Waals surface area (Å²) in [5.74, 6) is 0.266. The number of urea groups is 1. The Morgan fingerprint density at radius 2 is 2.10 bits per heavy atom. The standard InChI is InChI=1S/C10H10N6O3S/c17-10-15-5-1-20(18,19)2-6(5)16(10)9-7-8(12-3-11-7)13-4-14-9/h3-6H,1-2H2,(H,15,17)(H,11,12,13,14)/t5-,6+/m0/s1. The molecule has 2 N–H and O–H groups in total. The first kappa shape index (κ1) is 11.6. The topological polar surface area (TPSA) is 121 Å². The number of imidazole rings is 1. The van der Waals surface area contributed by atoms with Gasteiger partial charge in [0.05, 0.1) is 29.9 Å². The van der Waals surface area contributed by atoms with Crippen molar-refractivity contribution in [2.45, 2.75) is 12.1 Å². The molecule has 4 heterocycles. The Hall–Kier alpha value is -2.23. The highest BCUT2D eigenvalue weighted by molar-refractivity contribution is 7.91. The van der Waals surface area contributed by atoms with E-state index >= 15 is 0 Å². The van der Waals surface area contributed by atoms with E-state index in [-0.39, 0.29) is 23.6 Å². The van der Waals surface area contributed by atoms with Gasteiger partial charge in [-0.05, 0) is 0 Å². The molecule has 10 heteroatoms. The molecule has 2 atom stereocenters. The third kappa shape index (κ3) is 1.51. The first-order valence-corrected chi connectivity index (χ1v) is 7.81. The maximum absolute atomic E-state index is 12.1. The number of hydrogen-bond donors (Lipinski definition) is 2. The summed E-state index contributed by atoms with van der Waals surface area (Å²) in [7, 11) is -3.14. The molecule has 2 amide bonds. The number of aromatic nitrogens is 4. The lowest BCUT2D eigenvalue weighted by atomic mass is 10.2. The number of amides is 2. The number of anilines is 1. The summed E-state index contributed by atoms with van der Waals surface area (Å²) in [6, 6.07) is -1.17. The van der Waals surface area contributed by atoms with Crippen LogP contribution in [0.4, 0.5) is 10.6 Å². The largest absolute Gasteiger partial charge is 0.340 e. The lowest BCUT2D eigenvalue weighted by Crippen LogP contribution is -2.37. The maximum atomic E-state index is 12.1. The average molecular weight is 294 g/mol. The quantitative estimate of drug-likeness (QED) is 0.654. The average Bonchev–Trinajstić information content (AvgIpc) is 3.00. The lowest BCUT2D eigenvalue weighted by Gasteiger charge is -2.20. The number of sulfone groups is 1. The third-order valence-electron chi connectivity index (χ3n) is 3.61. The van der Waals surface area contributed by atoms with Crippen molar-refractivity contribution in [2.75, 3.05) is 16.4 Å². The third-order valence-corrected chi connectivity index (χ3v) is 5.33. The summed E-state index contributed by atoms with van der Waals surface area (Å²) >= 11 is 0. The van der Waals surface area contributed by atoms with E-state index in [2.05, 4.69) is 25.3 Å². The molecule has 4 rings (SSSR count). The highest BCUT2D eigenvalue weighted by Gasteiger charge is 2.50. The van der Waals surface area contributed by atoms with Crippen LogP contribution in [0.15, 0.2) is 12.7 Å². The molecule has 0 spiro atoms. The minimum Gasteiger partial charge on any atom is -0.340 e. The van der Waals surface area contributed by atoms with Gasteiger partial charge in [-0.1, -0.05) is 0 Å². The van der Waals surface area contributed by atoms with Crippen LogP contribution in [0.2, 0.25) is 0 Å². The Balaban J connectivity index is 1.85. The van der Waals surface area contributed by atoms with E-state index in [1.807, 2.05) is 0 Å². The fourth-order valence-corrected chi connectivity index (χ4v) is 4.68. The first-order chi connectivity index (χ1) is 9.55. The number of hydrogen-bond acceptors (Lipinski definition) is 6. The van der Waals surface area contributed by atoms with Gasteiger partial charge in [-0.25, -0.2) is 28.2 Å². The second-order valence-corrected chi connectivity index (χ2v) is 7.02. The van der Waals surface area contributed by atoms with Crippen LogP contribution in [0.25, 0.3) is 11.2 Å². The highest BCUT2D eigenvalue weighted by Crippen LogP contribution is 2.30. The van der Waals surface area contributed by atoms with Crippen molar-refractivity contribution in [3.8, 4) is 0 Å². The van der Waals surface area contributed by atoms with Crippen LogP contribution in [0.3, 0.4) is 0 Å². The number of carbonyl (C=O) groups is 1. The molecule has 2 saturated heterocycles. The number of nitrogens with zero attached hydrogens (tertiary/aromatic N) is 4. The molecule has 0 aliphatic carbocycles. The molecule has 0 unspecified atom stereocenters. The zero-order valence-electron chi connectivity index (χ0n) is 10.1. The van der Waals surface area contributed by atoms with Gasteiger partial charge in [0.25, 0.3) is 0 Å². The molecule has 20 heavy (non-hydrogen) atoms. The van der Waals surface area contributed by atoms with Gasteiger partial charge in [-0.15, -0.1) is 0 Å². The van der Waals surface area contributed by atoms with Gasteiger partial charge in [0.2, 0.25) is 0 Å². The van der Waals surface area contributed by atoms with Crippen LogP contribution in [0.1, 0.15) is 0 Å². The predicted octanol–water partition coefficient (Wildman–Crippen LogP) is -0.952. The molecular formula is C10H10N6O3S. The Morgan fingerprint density at radius 3 is 2.95 bits per heavy atom. The Morgan fingerprint density at radius 1 is 1.25 bits per heavy atom. The molecule has 104 valence electrons. The lowest BCUT2D eigenvalue weighted by molar-refractivity contribution is 0.251. The van der Waals surface area contributed by atoms with Gasteiger partial charge in [0.1, 0.15) is 11.8 Å². The van der Waals surface area contributed by atoms with Gasteiger partial charge < -0.3 is 10.3 Å². The normalized spacial score (nSPS) is 27.8. The fourth-order valence-electron chi connectivity index (χ4n) is 2.79. The molecule has 2 aromatic heterocycles. The van der Waals surface area contributed by atoms with Gasteiger partial charge in [0, 0.05) is 0 Å². The zero-order chi connectivity index (χ0) is 13.9. The van der Waals surface area contributed by atoms with Gasteiger partial charge >= 0.3 is 6.03 Å². The smallest absolute Gasteiger partial charge is 0.323 e. The molecule has 0 bridgehead atoms. The van der Waals surface area contributed by atoms with E-state index in [1.54, 1.807) is 0 Å². The van der Waals surface area contributed by atoms with Gasteiger partial charge in [-0.2, -0.15) is 0 Å². The van der Waals surface area contributed by atoms with Crippen LogP contribution in [0.5, 0.6) is 0 Å². The summed E-state index contributed by atoms with van der Waals surface area (Å²) in [5.41, 5.74) is 0.958. The Kier molecular flexibility index (Phi) is 2.12. The number of aromatic amines is 1. The number of fused-ring (bicyclic) bond motifs is 2. The van der Waals surface area contributed by atoms with E-state index < -0.39 is 15.9 Å². The molecule has 2 aliphatic heterocycles. The maximum Gasteiger partial charge on any atom is 0.323 e. The van der Waals surface area contributed by atoms with Gasteiger partial charge in [0.15, 0.2) is 21.3 Å². The van der Waals surface area contributed by atoms with Crippen molar-refractivity contribution in [3.05, 3.63) is 12.7 Å². The summed E-state index contributed by atoms with van der Waals surface area (Å²) in [6.45, 7) is 0. The zero-order valence-corrected chi connectivity index (χ0v) is 11.0. The molecule has 2 aromatic rings. The van der Waals surface area contributed by atoms with Gasteiger partial charge in [-0.3, -0.25) is 4.90 Å². The second kappa shape index (κ2) is 3.66. The van der Waals surface area contributed by atoms with Crippen molar-refractivity contribution >= 4 is 32.9 Å². The molecule has 0 radical (unpaired) electrons. The molecule has 9 nitrogen and oxygen atoms in total. The van der Waals surface area contributed by atoms with Crippen molar-refractivity contribution in [3.63, 3.8) is 0 Å². The highest BCUT2D eigenvalue weighted by atomic mass is 32.2. The van der Waals surface area contributed by atoms with Crippen LogP contribution >= 0.6 is 0 Å². The number of H-pyrrole nitrogens is 1. The van der Waals surface area contributed by atoms with Crippen LogP contribution < -0.4 is 10.2 Å². The predicted molar refractivity (Wildman–Crippen MR) is 68.9 cm³/mol.